The molecule has 108 valence electrons. The topological polar surface area (TPSA) is 79.7 Å². The number of carbonyl (C=O) groups is 2. The van der Waals surface area contributed by atoms with Gasteiger partial charge in [0, 0.05) is 12.7 Å². The van der Waals surface area contributed by atoms with Crippen LogP contribution in [0, 0.1) is 0 Å². The molecular weight excluding hydrogens is 272 g/mol. The van der Waals surface area contributed by atoms with Crippen molar-refractivity contribution in [2.24, 2.45) is 0 Å². The Morgan fingerprint density at radius 1 is 1.10 bits per heavy atom. The second kappa shape index (κ2) is 6.04. The minimum Gasteiger partial charge on any atom is -0.508 e. The Balaban J connectivity index is 2.27. The molecule has 0 spiro atoms. The molecule has 0 aliphatic rings. The van der Waals surface area contributed by atoms with Crippen LogP contribution < -0.4 is 4.90 Å². The summed E-state index contributed by atoms with van der Waals surface area (Å²) < 4.78 is 4.58. The summed E-state index contributed by atoms with van der Waals surface area (Å²) in [6.45, 7) is 0. The Bertz CT molecular complexity index is 668. The number of hydrogen-bond donors (Lipinski definition) is 1. The van der Waals surface area contributed by atoms with E-state index in [9.17, 15) is 14.7 Å². The molecule has 0 bridgehead atoms. The molecule has 0 unspecified atom stereocenters. The Labute approximate surface area is 121 Å². The summed E-state index contributed by atoms with van der Waals surface area (Å²) in [5.41, 5.74) is 0.805. The Kier molecular flexibility index (Phi) is 4.18. The maximum atomic E-state index is 12.3. The highest BCUT2D eigenvalue weighted by molar-refractivity contribution is 6.05. The van der Waals surface area contributed by atoms with Gasteiger partial charge >= 0.3 is 5.97 Å². The number of benzene rings is 1. The van der Waals surface area contributed by atoms with Crippen LogP contribution in [0.5, 0.6) is 5.75 Å². The van der Waals surface area contributed by atoms with E-state index in [2.05, 4.69) is 9.72 Å². The number of aromatic nitrogens is 1. The van der Waals surface area contributed by atoms with Crippen molar-refractivity contribution >= 4 is 17.6 Å². The van der Waals surface area contributed by atoms with Crippen molar-refractivity contribution in [2.45, 2.75) is 0 Å². The highest BCUT2D eigenvalue weighted by atomic mass is 16.5. The second-order valence-electron chi connectivity index (χ2n) is 4.28. The number of rotatable bonds is 3. The van der Waals surface area contributed by atoms with Gasteiger partial charge in [0.05, 0.1) is 7.11 Å². The molecule has 0 radical (unpaired) electrons. The Morgan fingerprint density at radius 3 is 2.33 bits per heavy atom. The predicted octanol–water partition coefficient (Wildman–Crippen LogP) is 1.85. The van der Waals surface area contributed by atoms with Gasteiger partial charge in [-0.15, -0.1) is 0 Å². The molecule has 1 heterocycles. The summed E-state index contributed by atoms with van der Waals surface area (Å²) in [6, 6.07) is 10.7. The van der Waals surface area contributed by atoms with Crippen LogP contribution in [0.2, 0.25) is 0 Å². The third-order valence-corrected chi connectivity index (χ3v) is 2.90. The van der Waals surface area contributed by atoms with E-state index in [4.69, 9.17) is 0 Å². The van der Waals surface area contributed by atoms with Gasteiger partial charge in [0.2, 0.25) is 0 Å². The average molecular weight is 286 g/mol. The summed E-state index contributed by atoms with van der Waals surface area (Å²) in [5.74, 6) is -0.853. The fourth-order valence-corrected chi connectivity index (χ4v) is 1.74. The normalized spacial score (nSPS) is 10.0. The zero-order valence-corrected chi connectivity index (χ0v) is 11.6. The fourth-order valence-electron chi connectivity index (χ4n) is 1.74. The van der Waals surface area contributed by atoms with Gasteiger partial charge in [0.25, 0.3) is 5.91 Å². The minimum absolute atomic E-state index is 0.0717. The molecule has 21 heavy (non-hydrogen) atoms. The first-order chi connectivity index (χ1) is 10.0. The molecule has 6 nitrogen and oxygen atoms in total. The van der Waals surface area contributed by atoms with Crippen molar-refractivity contribution in [1.82, 2.24) is 4.98 Å². The third-order valence-electron chi connectivity index (χ3n) is 2.90. The van der Waals surface area contributed by atoms with Crippen LogP contribution in [-0.4, -0.2) is 36.1 Å². The van der Waals surface area contributed by atoms with Gasteiger partial charge in [0.15, 0.2) is 0 Å². The lowest BCUT2D eigenvalue weighted by molar-refractivity contribution is 0.0594. The van der Waals surface area contributed by atoms with Gasteiger partial charge in [0.1, 0.15) is 17.1 Å². The van der Waals surface area contributed by atoms with Gasteiger partial charge in [-0.2, -0.15) is 0 Å². The van der Waals surface area contributed by atoms with Gasteiger partial charge in [-0.1, -0.05) is 6.07 Å². The number of pyridine rings is 1. The maximum absolute atomic E-state index is 12.3. The van der Waals surface area contributed by atoms with Crippen LogP contribution in [0.1, 0.15) is 21.0 Å². The van der Waals surface area contributed by atoms with Crippen LogP contribution in [-0.2, 0) is 4.74 Å². The van der Waals surface area contributed by atoms with Crippen LogP contribution >= 0.6 is 0 Å². The van der Waals surface area contributed by atoms with E-state index < -0.39 is 5.97 Å². The largest absolute Gasteiger partial charge is 0.508 e. The molecule has 0 aliphatic carbocycles. The smallest absolute Gasteiger partial charge is 0.356 e. The monoisotopic (exact) mass is 286 g/mol. The first-order valence-electron chi connectivity index (χ1n) is 6.15. The van der Waals surface area contributed by atoms with E-state index in [1.165, 1.54) is 36.3 Å². The number of amides is 1. The lowest BCUT2D eigenvalue weighted by atomic mass is 10.2. The molecule has 6 heteroatoms. The van der Waals surface area contributed by atoms with Gasteiger partial charge in [-0.05, 0) is 36.4 Å². The summed E-state index contributed by atoms with van der Waals surface area (Å²) in [4.78, 5) is 29.1. The SMILES string of the molecule is COC(=O)c1cccc(C(=O)N(C)c2ccc(O)cc2)n1. The van der Waals surface area contributed by atoms with Crippen molar-refractivity contribution in [3.8, 4) is 5.75 Å². The number of carbonyl (C=O) groups excluding carboxylic acids is 2. The molecule has 0 aliphatic heterocycles. The van der Waals surface area contributed by atoms with Gasteiger partial charge < -0.3 is 14.7 Å². The zero-order valence-electron chi connectivity index (χ0n) is 11.6. The number of phenols is 1. The van der Waals surface area contributed by atoms with Gasteiger partial charge in [-0.25, -0.2) is 9.78 Å². The molecule has 1 aromatic heterocycles. The lowest BCUT2D eigenvalue weighted by Crippen LogP contribution is -2.27. The Morgan fingerprint density at radius 2 is 1.71 bits per heavy atom. The second-order valence-corrected chi connectivity index (χ2v) is 4.28. The van der Waals surface area contributed by atoms with E-state index in [1.807, 2.05) is 0 Å². The number of nitrogens with zero attached hydrogens (tertiary/aromatic N) is 2. The summed E-state index contributed by atoms with van der Waals surface area (Å²) in [5, 5.41) is 9.25. The van der Waals surface area contributed by atoms with Crippen molar-refractivity contribution < 1.29 is 19.4 Å². The molecule has 1 amide bonds. The molecule has 0 atom stereocenters. The van der Waals surface area contributed by atoms with Crippen LogP contribution in [0.4, 0.5) is 5.69 Å². The summed E-state index contributed by atoms with van der Waals surface area (Å²) >= 11 is 0. The van der Waals surface area contributed by atoms with E-state index in [0.717, 1.165) is 0 Å². The Hall–Kier alpha value is -2.89. The molecule has 1 N–H and O–H groups in total. The van der Waals surface area contributed by atoms with E-state index >= 15 is 0 Å². The molecule has 0 saturated carbocycles. The zero-order chi connectivity index (χ0) is 15.4. The summed E-state index contributed by atoms with van der Waals surface area (Å²) in [7, 11) is 2.84. The highest BCUT2D eigenvalue weighted by Gasteiger charge is 2.17. The van der Waals surface area contributed by atoms with Crippen molar-refractivity contribution in [2.75, 3.05) is 19.1 Å². The molecule has 0 fully saturated rings. The molecule has 2 aromatic rings. The van der Waals surface area contributed by atoms with Crippen molar-refractivity contribution in [1.29, 1.82) is 0 Å². The fraction of sp³-hybridized carbons (Fsp3) is 0.133. The van der Waals surface area contributed by atoms with Crippen LogP contribution in [0.25, 0.3) is 0 Å². The van der Waals surface area contributed by atoms with E-state index in [0.29, 0.717) is 5.69 Å². The van der Waals surface area contributed by atoms with E-state index in [-0.39, 0.29) is 23.0 Å². The maximum Gasteiger partial charge on any atom is 0.356 e. The first-order valence-corrected chi connectivity index (χ1v) is 6.15. The third kappa shape index (κ3) is 3.17. The minimum atomic E-state index is -0.600. The van der Waals surface area contributed by atoms with Crippen molar-refractivity contribution in [3.05, 3.63) is 53.9 Å². The standard InChI is InChI=1S/C15H14N2O4/c1-17(10-6-8-11(18)9-7-10)14(19)12-4-3-5-13(16-12)15(20)21-2/h3-9,18H,1-2H3. The molecule has 2 rings (SSSR count). The van der Waals surface area contributed by atoms with Crippen molar-refractivity contribution in [3.63, 3.8) is 0 Å². The number of phenolic OH excluding ortho intramolecular Hbond substituents is 1. The first kappa shape index (κ1) is 14.5. The quantitative estimate of drug-likeness (QED) is 0.871. The number of methoxy groups -OCH3 is 1. The van der Waals surface area contributed by atoms with Crippen LogP contribution in [0.3, 0.4) is 0 Å². The van der Waals surface area contributed by atoms with Gasteiger partial charge in [-0.3, -0.25) is 4.79 Å². The van der Waals surface area contributed by atoms with Crippen LogP contribution in [0.15, 0.2) is 42.5 Å². The number of ether oxygens (including phenoxy) is 1. The summed E-state index contributed by atoms with van der Waals surface area (Å²) in [6.07, 6.45) is 0. The molecule has 1 aromatic carbocycles. The predicted molar refractivity (Wildman–Crippen MR) is 76.4 cm³/mol. The number of esters is 1. The number of anilines is 1. The lowest BCUT2D eigenvalue weighted by Gasteiger charge is -2.17. The number of hydrogen-bond acceptors (Lipinski definition) is 5. The molecule has 0 saturated heterocycles. The molecular formula is C15H14N2O4. The average Bonchev–Trinajstić information content (AvgIpc) is 2.53. The van der Waals surface area contributed by atoms with E-state index in [1.54, 1.807) is 25.2 Å². The number of aromatic hydroxyl groups is 1. The highest BCUT2D eigenvalue weighted by Crippen LogP contribution is 2.18.